The average molecular weight is 317 g/mol. The Kier molecular flexibility index (Phi) is 3.89. The molecule has 8 heteroatoms. The van der Waals surface area contributed by atoms with Crippen LogP contribution in [-0.4, -0.2) is 55.0 Å². The van der Waals surface area contributed by atoms with E-state index >= 15 is 0 Å². The average Bonchev–Trinajstić information content (AvgIpc) is 3.20. The number of hydrogen-bond acceptors (Lipinski definition) is 4. The maximum Gasteiger partial charge on any atom is 0.303 e. The van der Waals surface area contributed by atoms with Crippen LogP contribution in [0.5, 0.6) is 0 Å². The molecule has 0 saturated carbocycles. The maximum atomic E-state index is 12.7. The molecule has 23 heavy (non-hydrogen) atoms. The Morgan fingerprint density at radius 1 is 1.43 bits per heavy atom. The van der Waals surface area contributed by atoms with Crippen molar-refractivity contribution in [3.05, 3.63) is 35.4 Å². The molecule has 0 radical (unpaired) electrons. The SMILES string of the molecule is Cc1c(C(=O)N2C[C@@H](CC(=O)O)[C@@H](c3cn[nH]n3)C2)ccn1C. The molecule has 122 valence electrons. The van der Waals surface area contributed by atoms with Gasteiger partial charge in [0.2, 0.25) is 0 Å². The molecule has 1 saturated heterocycles. The van der Waals surface area contributed by atoms with E-state index in [1.54, 1.807) is 17.2 Å². The topological polar surface area (TPSA) is 104 Å². The van der Waals surface area contributed by atoms with Crippen LogP contribution in [0.1, 0.15) is 34.1 Å². The van der Waals surface area contributed by atoms with E-state index in [9.17, 15) is 9.59 Å². The molecule has 1 aliphatic heterocycles. The van der Waals surface area contributed by atoms with Crippen LogP contribution in [0.15, 0.2) is 18.5 Å². The van der Waals surface area contributed by atoms with Gasteiger partial charge >= 0.3 is 5.97 Å². The lowest BCUT2D eigenvalue weighted by atomic mass is 9.91. The number of hydrogen-bond donors (Lipinski definition) is 2. The number of H-pyrrole nitrogens is 1. The van der Waals surface area contributed by atoms with Crippen molar-refractivity contribution in [2.45, 2.75) is 19.3 Å². The molecule has 1 amide bonds. The molecule has 2 N–H and O–H groups in total. The summed E-state index contributed by atoms with van der Waals surface area (Å²) in [4.78, 5) is 25.6. The van der Waals surface area contributed by atoms with Crippen molar-refractivity contribution in [2.24, 2.45) is 13.0 Å². The minimum Gasteiger partial charge on any atom is -0.481 e. The van der Waals surface area contributed by atoms with Gasteiger partial charge in [-0.25, -0.2) is 0 Å². The second kappa shape index (κ2) is 5.86. The number of carbonyl (C=O) groups is 2. The Morgan fingerprint density at radius 3 is 2.78 bits per heavy atom. The Morgan fingerprint density at radius 2 is 2.22 bits per heavy atom. The summed E-state index contributed by atoms with van der Waals surface area (Å²) < 4.78 is 1.90. The van der Waals surface area contributed by atoms with E-state index in [-0.39, 0.29) is 24.2 Å². The molecule has 8 nitrogen and oxygen atoms in total. The number of likely N-dealkylation sites (tertiary alicyclic amines) is 1. The monoisotopic (exact) mass is 317 g/mol. The number of aryl methyl sites for hydroxylation is 1. The summed E-state index contributed by atoms with van der Waals surface area (Å²) in [7, 11) is 1.89. The molecule has 1 fully saturated rings. The van der Waals surface area contributed by atoms with Gasteiger partial charge < -0.3 is 14.6 Å². The molecule has 0 aliphatic carbocycles. The Bertz CT molecular complexity index is 722. The van der Waals surface area contributed by atoms with E-state index < -0.39 is 5.97 Å². The van der Waals surface area contributed by atoms with Gasteiger partial charge in [0.05, 0.1) is 23.9 Å². The van der Waals surface area contributed by atoms with Gasteiger partial charge in [-0.2, -0.15) is 15.4 Å². The number of aromatic nitrogens is 4. The zero-order chi connectivity index (χ0) is 16.6. The second-order valence-electron chi connectivity index (χ2n) is 6.00. The standard InChI is InChI=1S/C15H19N5O3/c1-9-11(3-4-19(9)2)15(23)20-7-10(5-14(21)22)12(8-20)13-6-16-18-17-13/h3-4,6,10,12H,5,7-8H2,1-2H3,(H,21,22)(H,16,17,18)/t10-,12+/m1/s1. The Hall–Kier alpha value is -2.64. The molecule has 0 bridgehead atoms. The summed E-state index contributed by atoms with van der Waals surface area (Å²) in [6.07, 6.45) is 3.46. The van der Waals surface area contributed by atoms with Gasteiger partial charge in [0.25, 0.3) is 5.91 Å². The number of aliphatic carboxylic acids is 1. The Labute approximate surface area is 133 Å². The third-order valence-corrected chi connectivity index (χ3v) is 4.59. The summed E-state index contributed by atoms with van der Waals surface area (Å²) in [5, 5.41) is 19.6. The highest BCUT2D eigenvalue weighted by molar-refractivity contribution is 5.95. The minimum atomic E-state index is -0.867. The zero-order valence-electron chi connectivity index (χ0n) is 13.1. The van der Waals surface area contributed by atoms with Crippen molar-refractivity contribution in [3.63, 3.8) is 0 Å². The molecule has 2 aromatic rings. The van der Waals surface area contributed by atoms with Crippen molar-refractivity contribution in [3.8, 4) is 0 Å². The highest BCUT2D eigenvalue weighted by Gasteiger charge is 2.39. The van der Waals surface area contributed by atoms with Gasteiger partial charge in [0.1, 0.15) is 0 Å². The van der Waals surface area contributed by atoms with E-state index in [1.807, 2.05) is 24.7 Å². The highest BCUT2D eigenvalue weighted by atomic mass is 16.4. The first-order chi connectivity index (χ1) is 11.0. The van der Waals surface area contributed by atoms with Crippen LogP contribution in [0.4, 0.5) is 0 Å². The van der Waals surface area contributed by atoms with Gasteiger partial charge in [0.15, 0.2) is 0 Å². The number of nitrogens with one attached hydrogen (secondary N) is 1. The predicted octanol–water partition coefficient (Wildman–Crippen LogP) is 0.782. The summed E-state index contributed by atoms with van der Waals surface area (Å²) >= 11 is 0. The smallest absolute Gasteiger partial charge is 0.303 e. The lowest BCUT2D eigenvalue weighted by Crippen LogP contribution is -2.29. The van der Waals surface area contributed by atoms with E-state index in [4.69, 9.17) is 5.11 Å². The fraction of sp³-hybridized carbons (Fsp3) is 0.467. The van der Waals surface area contributed by atoms with E-state index in [2.05, 4.69) is 15.4 Å². The molecule has 0 spiro atoms. The molecule has 2 aromatic heterocycles. The highest BCUT2D eigenvalue weighted by Crippen LogP contribution is 2.34. The van der Waals surface area contributed by atoms with Crippen molar-refractivity contribution in [2.75, 3.05) is 13.1 Å². The molecular formula is C15H19N5O3. The van der Waals surface area contributed by atoms with Crippen molar-refractivity contribution < 1.29 is 14.7 Å². The maximum absolute atomic E-state index is 12.7. The third kappa shape index (κ3) is 2.84. The van der Waals surface area contributed by atoms with E-state index in [1.165, 1.54) is 0 Å². The van der Waals surface area contributed by atoms with Crippen LogP contribution >= 0.6 is 0 Å². The second-order valence-corrected chi connectivity index (χ2v) is 6.00. The molecule has 2 atom stereocenters. The van der Waals surface area contributed by atoms with Crippen molar-refractivity contribution in [1.82, 2.24) is 24.9 Å². The van der Waals surface area contributed by atoms with E-state index in [0.29, 0.717) is 24.3 Å². The number of aromatic amines is 1. The Balaban J connectivity index is 1.83. The summed E-state index contributed by atoms with van der Waals surface area (Å²) in [5.41, 5.74) is 2.26. The zero-order valence-corrected chi connectivity index (χ0v) is 13.1. The third-order valence-electron chi connectivity index (χ3n) is 4.59. The quantitative estimate of drug-likeness (QED) is 0.867. The van der Waals surface area contributed by atoms with Gasteiger partial charge in [0, 0.05) is 37.9 Å². The molecule has 0 aromatic carbocycles. The first-order valence-electron chi connectivity index (χ1n) is 7.46. The summed E-state index contributed by atoms with van der Waals surface area (Å²) in [5.74, 6) is -1.21. The molecular weight excluding hydrogens is 298 g/mol. The van der Waals surface area contributed by atoms with Crippen LogP contribution < -0.4 is 0 Å². The summed E-state index contributed by atoms with van der Waals surface area (Å²) in [6.45, 7) is 2.77. The predicted molar refractivity (Wildman–Crippen MR) is 80.9 cm³/mol. The van der Waals surface area contributed by atoms with Crippen LogP contribution in [0, 0.1) is 12.8 Å². The van der Waals surface area contributed by atoms with Crippen molar-refractivity contribution in [1.29, 1.82) is 0 Å². The van der Waals surface area contributed by atoms with Crippen LogP contribution in [0.2, 0.25) is 0 Å². The number of rotatable bonds is 4. The lowest BCUT2D eigenvalue weighted by molar-refractivity contribution is -0.138. The lowest BCUT2D eigenvalue weighted by Gasteiger charge is -2.16. The molecule has 0 unspecified atom stereocenters. The van der Waals surface area contributed by atoms with Gasteiger partial charge in [-0.1, -0.05) is 0 Å². The number of carboxylic acid groups (broad SMARTS) is 1. The molecule has 1 aliphatic rings. The minimum absolute atomic E-state index is 0.00901. The van der Waals surface area contributed by atoms with Gasteiger partial charge in [-0.15, -0.1) is 0 Å². The molecule has 3 rings (SSSR count). The number of nitrogens with zero attached hydrogens (tertiary/aromatic N) is 4. The van der Waals surface area contributed by atoms with Crippen molar-refractivity contribution >= 4 is 11.9 Å². The normalized spacial score (nSPS) is 20.9. The largest absolute Gasteiger partial charge is 0.481 e. The van der Waals surface area contributed by atoms with E-state index in [0.717, 1.165) is 5.69 Å². The van der Waals surface area contributed by atoms with Crippen LogP contribution in [0.25, 0.3) is 0 Å². The number of amides is 1. The first-order valence-corrected chi connectivity index (χ1v) is 7.46. The fourth-order valence-corrected chi connectivity index (χ4v) is 3.20. The molecule has 3 heterocycles. The first kappa shape index (κ1) is 15.3. The number of carboxylic acids is 1. The van der Waals surface area contributed by atoms with Gasteiger partial charge in [-0.05, 0) is 18.9 Å². The summed E-state index contributed by atoms with van der Waals surface area (Å²) in [6, 6.07) is 1.80. The number of carbonyl (C=O) groups excluding carboxylic acids is 1. The van der Waals surface area contributed by atoms with Gasteiger partial charge in [-0.3, -0.25) is 9.59 Å². The van der Waals surface area contributed by atoms with Crippen LogP contribution in [0.3, 0.4) is 0 Å². The fourth-order valence-electron chi connectivity index (χ4n) is 3.20. The van der Waals surface area contributed by atoms with Crippen LogP contribution in [-0.2, 0) is 11.8 Å².